The van der Waals surface area contributed by atoms with Gasteiger partial charge in [0.05, 0.1) is 5.69 Å². The van der Waals surface area contributed by atoms with Crippen molar-refractivity contribution in [3.05, 3.63) is 41.7 Å². The van der Waals surface area contributed by atoms with Gasteiger partial charge in [-0.2, -0.15) is 0 Å². The first-order valence-electron chi connectivity index (χ1n) is 6.16. The van der Waals surface area contributed by atoms with Crippen LogP contribution in [0.2, 0.25) is 0 Å². The molecule has 1 aromatic heterocycles. The number of aryl methyl sites for hydroxylation is 2. The summed E-state index contributed by atoms with van der Waals surface area (Å²) in [5, 5.41) is 3.39. The first kappa shape index (κ1) is 11.0. The van der Waals surface area contributed by atoms with E-state index < -0.39 is 0 Å². The van der Waals surface area contributed by atoms with Crippen LogP contribution in [0.3, 0.4) is 0 Å². The van der Waals surface area contributed by atoms with Gasteiger partial charge in [0.1, 0.15) is 0 Å². The fourth-order valence-corrected chi connectivity index (χ4v) is 2.14. The Bertz CT molecular complexity index is 569. The number of nitrogens with zero attached hydrogens (tertiary/aromatic N) is 2. The Kier molecular flexibility index (Phi) is 2.84. The van der Waals surface area contributed by atoms with Crippen molar-refractivity contribution in [3.63, 3.8) is 0 Å². The fraction of sp³-hybridized carbons (Fsp3) is 0.286. The molecular weight excluding hydrogens is 226 g/mol. The van der Waals surface area contributed by atoms with E-state index in [1.807, 2.05) is 25.1 Å². The largest absolute Gasteiger partial charge is 0.422 e. The summed E-state index contributed by atoms with van der Waals surface area (Å²) in [6, 6.07) is 8.34. The monoisotopic (exact) mass is 241 g/mol. The summed E-state index contributed by atoms with van der Waals surface area (Å²) >= 11 is 0. The Morgan fingerprint density at radius 2 is 2.22 bits per heavy atom. The number of benzene rings is 1. The zero-order valence-corrected chi connectivity index (χ0v) is 10.3. The van der Waals surface area contributed by atoms with Crippen molar-refractivity contribution in [2.75, 3.05) is 11.9 Å². The van der Waals surface area contributed by atoms with Gasteiger partial charge in [-0.3, -0.25) is 0 Å². The Morgan fingerprint density at radius 3 is 3.11 bits per heavy atom. The highest BCUT2D eigenvalue weighted by Gasteiger charge is 2.14. The number of rotatable bonds is 2. The summed E-state index contributed by atoms with van der Waals surface area (Å²) in [6.07, 6.45) is 3.96. The molecule has 4 nitrogen and oxygen atoms in total. The van der Waals surface area contributed by atoms with Crippen molar-refractivity contribution in [1.29, 1.82) is 0 Å². The quantitative estimate of drug-likeness (QED) is 0.878. The first-order chi connectivity index (χ1) is 8.83. The normalized spacial score (nSPS) is 13.6. The van der Waals surface area contributed by atoms with Crippen LogP contribution >= 0.6 is 0 Å². The summed E-state index contributed by atoms with van der Waals surface area (Å²) in [5.41, 5.74) is 3.28. The summed E-state index contributed by atoms with van der Waals surface area (Å²) in [6.45, 7) is 2.91. The van der Waals surface area contributed by atoms with E-state index in [0.29, 0.717) is 6.01 Å². The molecule has 0 amide bonds. The van der Waals surface area contributed by atoms with Gasteiger partial charge in [-0.05, 0) is 37.5 Å². The SMILES string of the molecule is Cc1ccnc(Oc2cccc3c2NCCC3)n1. The zero-order valence-electron chi connectivity index (χ0n) is 10.3. The Morgan fingerprint density at radius 1 is 1.28 bits per heavy atom. The van der Waals surface area contributed by atoms with E-state index in [1.165, 1.54) is 5.56 Å². The predicted molar refractivity (Wildman–Crippen MR) is 70.1 cm³/mol. The molecule has 0 unspecified atom stereocenters. The van der Waals surface area contributed by atoms with Crippen LogP contribution in [-0.2, 0) is 6.42 Å². The van der Waals surface area contributed by atoms with Crippen molar-refractivity contribution in [2.24, 2.45) is 0 Å². The molecule has 0 saturated carbocycles. The zero-order chi connectivity index (χ0) is 12.4. The van der Waals surface area contributed by atoms with E-state index in [9.17, 15) is 0 Å². The second-order valence-electron chi connectivity index (χ2n) is 4.40. The summed E-state index contributed by atoms with van der Waals surface area (Å²) < 4.78 is 5.77. The predicted octanol–water partition coefficient (Wildman–Crippen LogP) is 2.94. The van der Waals surface area contributed by atoms with Gasteiger partial charge in [0.25, 0.3) is 0 Å². The minimum Gasteiger partial charge on any atom is -0.422 e. The molecule has 92 valence electrons. The van der Waals surface area contributed by atoms with Gasteiger partial charge >= 0.3 is 6.01 Å². The topological polar surface area (TPSA) is 47.0 Å². The average molecular weight is 241 g/mol. The van der Waals surface area contributed by atoms with Crippen LogP contribution in [0.1, 0.15) is 17.7 Å². The van der Waals surface area contributed by atoms with Crippen LogP contribution in [0.4, 0.5) is 5.69 Å². The van der Waals surface area contributed by atoms with E-state index >= 15 is 0 Å². The van der Waals surface area contributed by atoms with Gasteiger partial charge in [-0.15, -0.1) is 0 Å². The number of fused-ring (bicyclic) bond motifs is 1. The average Bonchev–Trinajstić information content (AvgIpc) is 2.39. The number of anilines is 1. The Labute approximate surface area is 106 Å². The van der Waals surface area contributed by atoms with Gasteiger partial charge in [0.15, 0.2) is 5.75 Å². The van der Waals surface area contributed by atoms with Crippen LogP contribution in [-0.4, -0.2) is 16.5 Å². The molecule has 1 N–H and O–H groups in total. The second-order valence-corrected chi connectivity index (χ2v) is 4.40. The van der Waals surface area contributed by atoms with Gasteiger partial charge in [-0.25, -0.2) is 9.97 Å². The molecule has 3 rings (SSSR count). The Hall–Kier alpha value is -2.10. The van der Waals surface area contributed by atoms with Crippen LogP contribution in [0.5, 0.6) is 11.8 Å². The summed E-state index contributed by atoms with van der Waals surface area (Å²) in [4.78, 5) is 8.38. The number of ether oxygens (including phenoxy) is 1. The number of aromatic nitrogens is 2. The fourth-order valence-electron chi connectivity index (χ4n) is 2.14. The van der Waals surface area contributed by atoms with Gasteiger partial charge in [0, 0.05) is 18.4 Å². The number of nitrogens with one attached hydrogen (secondary N) is 1. The highest BCUT2D eigenvalue weighted by Crippen LogP contribution is 2.33. The lowest BCUT2D eigenvalue weighted by Gasteiger charge is -2.20. The smallest absolute Gasteiger partial charge is 0.322 e. The molecule has 0 fully saturated rings. The molecule has 1 aliphatic rings. The maximum absolute atomic E-state index is 5.77. The molecule has 1 aliphatic heterocycles. The van der Waals surface area contributed by atoms with E-state index in [-0.39, 0.29) is 0 Å². The molecule has 0 bridgehead atoms. The first-order valence-corrected chi connectivity index (χ1v) is 6.16. The van der Waals surface area contributed by atoms with E-state index in [4.69, 9.17) is 4.74 Å². The van der Waals surface area contributed by atoms with Crippen molar-refractivity contribution in [1.82, 2.24) is 9.97 Å². The van der Waals surface area contributed by atoms with Gasteiger partial charge in [0.2, 0.25) is 0 Å². The molecular formula is C14H15N3O. The van der Waals surface area contributed by atoms with Gasteiger partial charge in [-0.1, -0.05) is 12.1 Å². The molecule has 0 spiro atoms. The standard InChI is InChI=1S/C14H15N3O/c1-10-7-9-16-14(17-10)18-12-6-2-4-11-5-3-8-15-13(11)12/h2,4,6-7,9,15H,3,5,8H2,1H3. The summed E-state index contributed by atoms with van der Waals surface area (Å²) in [7, 11) is 0. The van der Waals surface area contributed by atoms with Gasteiger partial charge < -0.3 is 10.1 Å². The maximum atomic E-state index is 5.77. The van der Waals surface area contributed by atoms with Crippen LogP contribution in [0.15, 0.2) is 30.5 Å². The highest BCUT2D eigenvalue weighted by atomic mass is 16.5. The van der Waals surface area contributed by atoms with Crippen molar-refractivity contribution in [3.8, 4) is 11.8 Å². The third-order valence-electron chi connectivity index (χ3n) is 3.01. The molecule has 18 heavy (non-hydrogen) atoms. The minimum absolute atomic E-state index is 0.399. The lowest BCUT2D eigenvalue weighted by Crippen LogP contribution is -2.12. The second kappa shape index (κ2) is 4.64. The summed E-state index contributed by atoms with van der Waals surface area (Å²) in [5.74, 6) is 0.804. The lowest BCUT2D eigenvalue weighted by molar-refractivity contribution is 0.440. The van der Waals surface area contributed by atoms with E-state index in [0.717, 1.165) is 36.5 Å². The molecule has 4 heteroatoms. The van der Waals surface area contributed by atoms with Crippen molar-refractivity contribution >= 4 is 5.69 Å². The molecule has 1 aromatic carbocycles. The third kappa shape index (κ3) is 2.14. The van der Waals surface area contributed by atoms with E-state index in [2.05, 4.69) is 21.4 Å². The number of hydrogen-bond donors (Lipinski definition) is 1. The number of para-hydroxylation sites is 1. The lowest BCUT2D eigenvalue weighted by atomic mass is 10.0. The molecule has 0 aliphatic carbocycles. The molecule has 0 atom stereocenters. The van der Waals surface area contributed by atoms with Crippen LogP contribution in [0, 0.1) is 6.92 Å². The highest BCUT2D eigenvalue weighted by molar-refractivity contribution is 5.63. The third-order valence-corrected chi connectivity index (χ3v) is 3.01. The molecule has 0 saturated heterocycles. The molecule has 0 radical (unpaired) electrons. The van der Waals surface area contributed by atoms with Crippen molar-refractivity contribution in [2.45, 2.75) is 19.8 Å². The Balaban J connectivity index is 1.93. The molecule has 2 aromatic rings. The van der Waals surface area contributed by atoms with Crippen LogP contribution in [0.25, 0.3) is 0 Å². The van der Waals surface area contributed by atoms with E-state index in [1.54, 1.807) is 6.20 Å². The van der Waals surface area contributed by atoms with Crippen LogP contribution < -0.4 is 10.1 Å². The number of hydrogen-bond acceptors (Lipinski definition) is 4. The van der Waals surface area contributed by atoms with Crippen molar-refractivity contribution < 1.29 is 4.74 Å². The molecule has 2 heterocycles. The maximum Gasteiger partial charge on any atom is 0.322 e. The minimum atomic E-state index is 0.399.